The highest BCUT2D eigenvalue weighted by Gasteiger charge is 2.10. The summed E-state index contributed by atoms with van der Waals surface area (Å²) >= 11 is 11.9. The lowest BCUT2D eigenvalue weighted by Gasteiger charge is -2.13. The van der Waals surface area contributed by atoms with Gasteiger partial charge in [0.1, 0.15) is 5.75 Å². The highest BCUT2D eigenvalue weighted by molar-refractivity contribution is 6.42. The summed E-state index contributed by atoms with van der Waals surface area (Å²) in [5.74, 6) is 0.762. The molecule has 1 N–H and O–H groups in total. The number of halogens is 2. The molecule has 0 aliphatic carbocycles. The summed E-state index contributed by atoms with van der Waals surface area (Å²) in [7, 11) is 0. The van der Waals surface area contributed by atoms with E-state index in [0.717, 1.165) is 16.9 Å². The zero-order chi connectivity index (χ0) is 14.5. The van der Waals surface area contributed by atoms with E-state index < -0.39 is 6.10 Å². The first-order valence-corrected chi connectivity index (χ1v) is 7.20. The van der Waals surface area contributed by atoms with Crippen LogP contribution in [0.2, 0.25) is 10.0 Å². The Hall–Kier alpha value is -1.22. The normalized spacial score (nSPS) is 12.2. The Balaban J connectivity index is 2.12. The molecule has 0 spiro atoms. The first-order valence-electron chi connectivity index (χ1n) is 6.45. The van der Waals surface area contributed by atoms with Gasteiger partial charge >= 0.3 is 0 Å². The molecule has 0 bridgehead atoms. The van der Waals surface area contributed by atoms with Crippen LogP contribution in [-0.4, -0.2) is 11.7 Å². The van der Waals surface area contributed by atoms with E-state index in [2.05, 4.69) is 0 Å². The summed E-state index contributed by atoms with van der Waals surface area (Å²) in [6.07, 6.45) is -0.125. The van der Waals surface area contributed by atoms with E-state index in [9.17, 15) is 5.11 Å². The molecule has 0 aromatic heterocycles. The fourth-order valence-corrected chi connectivity index (χ4v) is 2.31. The third kappa shape index (κ3) is 3.89. The topological polar surface area (TPSA) is 29.5 Å². The molecule has 2 nitrogen and oxygen atoms in total. The molecule has 106 valence electrons. The van der Waals surface area contributed by atoms with Crippen molar-refractivity contribution in [2.45, 2.75) is 19.4 Å². The highest BCUT2D eigenvalue weighted by Crippen LogP contribution is 2.26. The average Bonchev–Trinajstić information content (AvgIpc) is 2.43. The molecule has 0 fully saturated rings. The lowest BCUT2D eigenvalue weighted by atomic mass is 10.0. The van der Waals surface area contributed by atoms with Crippen LogP contribution in [0, 0.1) is 0 Å². The van der Waals surface area contributed by atoms with Crippen LogP contribution < -0.4 is 4.74 Å². The standard InChI is InChI=1S/C16H16Cl2O2/c1-2-20-13-5-3-4-12(10-13)16(19)9-11-6-7-14(17)15(18)8-11/h3-8,10,16,19H,2,9H2,1H3. The van der Waals surface area contributed by atoms with Crippen LogP contribution in [0.1, 0.15) is 24.2 Å². The predicted octanol–water partition coefficient (Wildman–Crippen LogP) is 4.67. The molecule has 20 heavy (non-hydrogen) atoms. The maximum atomic E-state index is 10.3. The smallest absolute Gasteiger partial charge is 0.119 e. The van der Waals surface area contributed by atoms with Gasteiger partial charge in [0, 0.05) is 6.42 Å². The second-order valence-electron chi connectivity index (χ2n) is 4.47. The zero-order valence-electron chi connectivity index (χ0n) is 11.1. The van der Waals surface area contributed by atoms with Crippen molar-refractivity contribution in [3.8, 4) is 5.75 Å². The number of benzene rings is 2. The van der Waals surface area contributed by atoms with Crippen molar-refractivity contribution in [2.24, 2.45) is 0 Å². The van der Waals surface area contributed by atoms with E-state index >= 15 is 0 Å². The molecule has 4 heteroatoms. The van der Waals surface area contributed by atoms with Gasteiger partial charge in [0.2, 0.25) is 0 Å². The third-order valence-corrected chi connectivity index (χ3v) is 3.71. The van der Waals surface area contributed by atoms with E-state index in [0.29, 0.717) is 23.1 Å². The van der Waals surface area contributed by atoms with Gasteiger partial charge in [-0.1, -0.05) is 41.4 Å². The molecule has 0 aliphatic rings. The Bertz CT molecular complexity index is 584. The number of hydrogen-bond acceptors (Lipinski definition) is 2. The second kappa shape index (κ2) is 6.98. The van der Waals surface area contributed by atoms with Gasteiger partial charge in [0.15, 0.2) is 0 Å². The van der Waals surface area contributed by atoms with E-state index in [1.165, 1.54) is 0 Å². The SMILES string of the molecule is CCOc1cccc(C(O)Cc2ccc(Cl)c(Cl)c2)c1. The summed E-state index contributed by atoms with van der Waals surface area (Å²) in [5, 5.41) is 11.3. The lowest BCUT2D eigenvalue weighted by Crippen LogP contribution is -2.02. The van der Waals surface area contributed by atoms with Crippen molar-refractivity contribution in [3.05, 3.63) is 63.6 Å². The number of aliphatic hydroxyl groups is 1. The molecular formula is C16H16Cl2O2. The predicted molar refractivity (Wildman–Crippen MR) is 82.7 cm³/mol. The molecule has 0 amide bonds. The first kappa shape index (κ1) is 15.2. The zero-order valence-corrected chi connectivity index (χ0v) is 12.7. The minimum atomic E-state index is -0.604. The van der Waals surface area contributed by atoms with E-state index in [1.54, 1.807) is 12.1 Å². The molecule has 2 aromatic carbocycles. The maximum absolute atomic E-state index is 10.3. The fraction of sp³-hybridized carbons (Fsp3) is 0.250. The number of ether oxygens (including phenoxy) is 1. The Morgan fingerprint density at radius 2 is 1.90 bits per heavy atom. The second-order valence-corrected chi connectivity index (χ2v) is 5.29. The molecule has 0 saturated heterocycles. The van der Waals surface area contributed by atoms with Crippen LogP contribution in [0.4, 0.5) is 0 Å². The molecule has 0 radical (unpaired) electrons. The van der Waals surface area contributed by atoms with Gasteiger partial charge in [0.25, 0.3) is 0 Å². The van der Waals surface area contributed by atoms with Gasteiger partial charge in [-0.25, -0.2) is 0 Å². The van der Waals surface area contributed by atoms with Crippen LogP contribution in [0.25, 0.3) is 0 Å². The Morgan fingerprint density at radius 3 is 2.60 bits per heavy atom. The number of aliphatic hydroxyl groups excluding tert-OH is 1. The highest BCUT2D eigenvalue weighted by atomic mass is 35.5. The summed E-state index contributed by atoms with van der Waals surface area (Å²) in [5.41, 5.74) is 1.76. The van der Waals surface area contributed by atoms with Gasteiger partial charge in [-0.05, 0) is 42.3 Å². The van der Waals surface area contributed by atoms with Gasteiger partial charge in [-0.2, -0.15) is 0 Å². The monoisotopic (exact) mass is 310 g/mol. The van der Waals surface area contributed by atoms with Crippen LogP contribution >= 0.6 is 23.2 Å². The summed E-state index contributed by atoms with van der Waals surface area (Å²) in [6, 6.07) is 12.9. The molecule has 1 unspecified atom stereocenters. The van der Waals surface area contributed by atoms with Crippen molar-refractivity contribution in [3.63, 3.8) is 0 Å². The average molecular weight is 311 g/mol. The number of hydrogen-bond donors (Lipinski definition) is 1. The molecule has 0 aliphatic heterocycles. The summed E-state index contributed by atoms with van der Waals surface area (Å²) < 4.78 is 5.43. The molecular weight excluding hydrogens is 295 g/mol. The van der Waals surface area contributed by atoms with Crippen molar-refractivity contribution >= 4 is 23.2 Å². The van der Waals surface area contributed by atoms with Crippen LogP contribution in [0.5, 0.6) is 5.75 Å². The molecule has 0 heterocycles. The maximum Gasteiger partial charge on any atom is 0.119 e. The quantitative estimate of drug-likeness (QED) is 0.869. The van der Waals surface area contributed by atoms with Gasteiger partial charge in [-0.3, -0.25) is 0 Å². The Labute approximate surface area is 128 Å². The summed E-state index contributed by atoms with van der Waals surface area (Å²) in [6.45, 7) is 2.53. The minimum absolute atomic E-state index is 0.479. The first-order chi connectivity index (χ1) is 9.60. The molecule has 0 saturated carbocycles. The van der Waals surface area contributed by atoms with Crippen molar-refractivity contribution < 1.29 is 9.84 Å². The van der Waals surface area contributed by atoms with E-state index in [1.807, 2.05) is 37.3 Å². The van der Waals surface area contributed by atoms with Crippen molar-refractivity contribution in [2.75, 3.05) is 6.61 Å². The van der Waals surface area contributed by atoms with Crippen LogP contribution in [-0.2, 0) is 6.42 Å². The fourth-order valence-electron chi connectivity index (χ4n) is 1.99. The largest absolute Gasteiger partial charge is 0.494 e. The lowest BCUT2D eigenvalue weighted by molar-refractivity contribution is 0.178. The van der Waals surface area contributed by atoms with E-state index in [4.69, 9.17) is 27.9 Å². The van der Waals surface area contributed by atoms with Crippen molar-refractivity contribution in [1.29, 1.82) is 0 Å². The van der Waals surface area contributed by atoms with Crippen LogP contribution in [0.15, 0.2) is 42.5 Å². The Kier molecular flexibility index (Phi) is 5.30. The minimum Gasteiger partial charge on any atom is -0.494 e. The van der Waals surface area contributed by atoms with Gasteiger partial charge < -0.3 is 9.84 Å². The molecule has 1 atom stereocenters. The van der Waals surface area contributed by atoms with Gasteiger partial charge in [0.05, 0.1) is 22.8 Å². The van der Waals surface area contributed by atoms with Crippen molar-refractivity contribution in [1.82, 2.24) is 0 Å². The van der Waals surface area contributed by atoms with Gasteiger partial charge in [-0.15, -0.1) is 0 Å². The summed E-state index contributed by atoms with van der Waals surface area (Å²) in [4.78, 5) is 0. The Morgan fingerprint density at radius 1 is 1.10 bits per heavy atom. The third-order valence-electron chi connectivity index (χ3n) is 2.97. The number of rotatable bonds is 5. The molecule has 2 aromatic rings. The van der Waals surface area contributed by atoms with E-state index in [-0.39, 0.29) is 0 Å². The van der Waals surface area contributed by atoms with Crippen LogP contribution in [0.3, 0.4) is 0 Å². The molecule has 2 rings (SSSR count).